The van der Waals surface area contributed by atoms with Crippen LogP contribution in [0.4, 0.5) is 26.3 Å². The predicted molar refractivity (Wildman–Crippen MR) is 137 cm³/mol. The summed E-state index contributed by atoms with van der Waals surface area (Å²) in [6, 6.07) is 5.69. The average molecular weight is 600 g/mol. The van der Waals surface area contributed by atoms with Crippen LogP contribution in [0.3, 0.4) is 0 Å². The monoisotopic (exact) mass is 599 g/mol. The molecule has 39 heavy (non-hydrogen) atoms. The second kappa shape index (κ2) is 10.8. The fourth-order valence-corrected chi connectivity index (χ4v) is 7.57. The fourth-order valence-electron chi connectivity index (χ4n) is 5.11. The molecule has 1 fully saturated rings. The number of hydrogen-bond acceptors (Lipinski definition) is 5. The van der Waals surface area contributed by atoms with Crippen molar-refractivity contribution in [2.75, 3.05) is 26.2 Å². The summed E-state index contributed by atoms with van der Waals surface area (Å²) >= 11 is 0. The number of rotatable bonds is 5. The molecule has 0 unspecified atom stereocenters. The first-order valence-corrected chi connectivity index (χ1v) is 15.2. The van der Waals surface area contributed by atoms with Gasteiger partial charge in [-0.1, -0.05) is 31.2 Å². The zero-order valence-electron chi connectivity index (χ0n) is 21.3. The number of halogens is 6. The lowest BCUT2D eigenvalue weighted by Crippen LogP contribution is -2.51. The lowest BCUT2D eigenvalue weighted by molar-refractivity contribution is -0.930. The molecule has 0 spiro atoms. The molecule has 0 radical (unpaired) electrons. The number of nitrogens with one attached hydrogen (secondary N) is 1. The Bertz CT molecular complexity index is 1440. The summed E-state index contributed by atoms with van der Waals surface area (Å²) in [5.74, 6) is 0. The minimum Gasteiger partial charge on any atom is -0.324 e. The number of fused-ring (bicyclic) bond motifs is 3. The number of allylic oxidation sites excluding steroid dienone is 4. The third kappa shape index (κ3) is 5.73. The van der Waals surface area contributed by atoms with E-state index >= 15 is 0 Å². The quantitative estimate of drug-likeness (QED) is 0.332. The molecule has 1 aliphatic heterocycles. The molecule has 1 heterocycles. The van der Waals surface area contributed by atoms with E-state index in [1.807, 2.05) is 0 Å². The minimum absolute atomic E-state index is 0.153. The van der Waals surface area contributed by atoms with Crippen molar-refractivity contribution >= 4 is 37.0 Å². The molecule has 1 aromatic rings. The third-order valence-corrected chi connectivity index (χ3v) is 10.3. The van der Waals surface area contributed by atoms with E-state index in [-0.39, 0.29) is 22.8 Å². The van der Waals surface area contributed by atoms with Gasteiger partial charge < -0.3 is 4.48 Å². The number of nitrogens with zero attached hydrogens (tertiary/aromatic N) is 1. The SMILES string of the molecule is CCC[N+]1(CC)CCCCC1.N=C1C2=Cc3ccccc3C2=CC(S(=O)(=O)C(F)(F)F)=C1S(=O)(=O)C(F)(F)F. The lowest BCUT2D eigenvalue weighted by Gasteiger charge is -2.40. The van der Waals surface area contributed by atoms with Gasteiger partial charge in [0.2, 0.25) is 0 Å². The minimum atomic E-state index is -6.58. The standard InChI is InChI=1S/C15H7F6NO4S2.C10H22N/c16-14(17,18)27(23,24)11-6-9-8-4-2-1-3-7(8)5-10(9)12(22)13(11)28(25,26)15(19,20)21;1-3-8-11(4-2)9-6-5-7-10-11/h1-6,22H;3-10H2,1-2H3/q;+1. The molecule has 4 rings (SSSR count). The molecule has 1 saturated heterocycles. The van der Waals surface area contributed by atoms with Crippen LogP contribution in [0, 0.1) is 5.41 Å². The maximum Gasteiger partial charge on any atom is 0.502 e. The van der Waals surface area contributed by atoms with Crippen molar-refractivity contribution in [2.45, 2.75) is 50.5 Å². The number of piperidine rings is 1. The number of likely N-dealkylation sites (tertiary alicyclic amines) is 1. The van der Waals surface area contributed by atoms with Crippen LogP contribution in [0.5, 0.6) is 0 Å². The van der Waals surface area contributed by atoms with Crippen LogP contribution >= 0.6 is 0 Å². The normalized spacial score (nSPS) is 19.4. The van der Waals surface area contributed by atoms with Crippen LogP contribution in [0.1, 0.15) is 50.7 Å². The van der Waals surface area contributed by atoms with Crippen LogP contribution in [0.25, 0.3) is 11.6 Å². The van der Waals surface area contributed by atoms with Crippen molar-refractivity contribution in [3.8, 4) is 0 Å². The number of hydrogen-bond donors (Lipinski definition) is 1. The number of sulfone groups is 2. The third-order valence-electron chi connectivity index (χ3n) is 7.14. The smallest absolute Gasteiger partial charge is 0.324 e. The zero-order chi connectivity index (χ0) is 29.4. The second-order valence-electron chi connectivity index (χ2n) is 9.56. The van der Waals surface area contributed by atoms with Gasteiger partial charge in [0.1, 0.15) is 4.91 Å². The summed E-state index contributed by atoms with van der Waals surface area (Å²) in [6.07, 6.45) is 7.09. The number of alkyl halides is 6. The van der Waals surface area contributed by atoms with Gasteiger partial charge in [0, 0.05) is 5.57 Å². The van der Waals surface area contributed by atoms with E-state index in [0.29, 0.717) is 0 Å². The van der Waals surface area contributed by atoms with Crippen LogP contribution in [-0.4, -0.2) is 64.2 Å². The van der Waals surface area contributed by atoms with Gasteiger partial charge in [-0.3, -0.25) is 5.41 Å². The van der Waals surface area contributed by atoms with E-state index in [9.17, 15) is 43.2 Å². The first-order chi connectivity index (χ1) is 17.9. The molecule has 1 N–H and O–H groups in total. The van der Waals surface area contributed by atoms with Crippen LogP contribution < -0.4 is 0 Å². The van der Waals surface area contributed by atoms with Gasteiger partial charge in [-0.15, -0.1) is 0 Å². The first-order valence-electron chi connectivity index (χ1n) is 12.3. The molecule has 6 nitrogen and oxygen atoms in total. The molecule has 0 bridgehead atoms. The summed E-state index contributed by atoms with van der Waals surface area (Å²) in [4.78, 5) is -4.38. The highest BCUT2D eigenvalue weighted by atomic mass is 32.2. The molecule has 1 aromatic carbocycles. The van der Waals surface area contributed by atoms with Gasteiger partial charge >= 0.3 is 11.0 Å². The highest BCUT2D eigenvalue weighted by Gasteiger charge is 2.57. The Labute approximate surface area is 223 Å². The summed E-state index contributed by atoms with van der Waals surface area (Å²) in [7, 11) is -13.1. The van der Waals surface area contributed by atoms with Crippen molar-refractivity contribution in [1.82, 2.24) is 0 Å². The maximum atomic E-state index is 13.0. The molecule has 0 saturated carbocycles. The van der Waals surface area contributed by atoms with Crippen molar-refractivity contribution in [3.05, 3.63) is 56.9 Å². The molecule has 3 aliphatic rings. The van der Waals surface area contributed by atoms with E-state index < -0.39 is 51.8 Å². The summed E-state index contributed by atoms with van der Waals surface area (Å²) in [6.45, 7) is 10.3. The maximum absolute atomic E-state index is 13.0. The highest BCUT2D eigenvalue weighted by molar-refractivity contribution is 8.00. The molecule has 14 heteroatoms. The summed E-state index contributed by atoms with van der Waals surface area (Å²) < 4.78 is 127. The van der Waals surface area contributed by atoms with Crippen LogP contribution in [0.15, 0.2) is 45.7 Å². The Morgan fingerprint density at radius 1 is 0.821 bits per heavy atom. The van der Waals surface area contributed by atoms with Crippen LogP contribution in [0.2, 0.25) is 0 Å². The van der Waals surface area contributed by atoms with E-state index in [1.54, 1.807) is 0 Å². The van der Waals surface area contributed by atoms with E-state index in [2.05, 4.69) is 13.8 Å². The molecule has 216 valence electrons. The number of benzene rings is 1. The molecule has 2 aliphatic carbocycles. The van der Waals surface area contributed by atoms with Gasteiger partial charge in [0.15, 0.2) is 0 Å². The second-order valence-corrected chi connectivity index (χ2v) is 13.3. The Morgan fingerprint density at radius 2 is 1.38 bits per heavy atom. The van der Waals surface area contributed by atoms with Crippen molar-refractivity contribution in [1.29, 1.82) is 5.41 Å². The molecular weight excluding hydrogens is 570 g/mol. The van der Waals surface area contributed by atoms with Crippen LogP contribution in [-0.2, 0) is 19.7 Å². The Hall–Kier alpha value is -2.45. The van der Waals surface area contributed by atoms with E-state index in [0.717, 1.165) is 6.08 Å². The average Bonchev–Trinajstić information content (AvgIpc) is 3.23. The van der Waals surface area contributed by atoms with E-state index in [1.165, 1.54) is 80.6 Å². The van der Waals surface area contributed by atoms with Gasteiger partial charge in [-0.2, -0.15) is 26.3 Å². The Balaban J connectivity index is 0.000000320. The molecular formula is C25H29F6N2O4S2+. The van der Waals surface area contributed by atoms with E-state index in [4.69, 9.17) is 5.41 Å². The number of quaternary nitrogens is 1. The predicted octanol–water partition coefficient (Wildman–Crippen LogP) is 6.00. The van der Waals surface area contributed by atoms with Crippen molar-refractivity contribution in [3.63, 3.8) is 0 Å². The largest absolute Gasteiger partial charge is 0.502 e. The van der Waals surface area contributed by atoms with Crippen molar-refractivity contribution in [2.24, 2.45) is 0 Å². The lowest BCUT2D eigenvalue weighted by atomic mass is 9.95. The van der Waals surface area contributed by atoms with Gasteiger partial charge in [-0.25, -0.2) is 16.8 Å². The van der Waals surface area contributed by atoms with Crippen molar-refractivity contribution < 1.29 is 47.7 Å². The molecule has 0 aromatic heterocycles. The summed E-state index contributed by atoms with van der Waals surface area (Å²) in [5, 5.41) is 7.82. The molecule has 0 atom stereocenters. The van der Waals surface area contributed by atoms with Gasteiger partial charge in [0.25, 0.3) is 19.7 Å². The Kier molecular flexibility index (Phi) is 8.64. The first kappa shape index (κ1) is 31.1. The summed E-state index contributed by atoms with van der Waals surface area (Å²) in [5.41, 5.74) is -13.9. The molecule has 0 amide bonds. The van der Waals surface area contributed by atoms with Gasteiger partial charge in [-0.05, 0) is 61.5 Å². The fraction of sp³-hybridized carbons (Fsp3) is 0.480. The topological polar surface area (TPSA) is 92.1 Å². The Morgan fingerprint density at radius 3 is 1.90 bits per heavy atom. The highest BCUT2D eigenvalue weighted by Crippen LogP contribution is 2.47. The van der Waals surface area contributed by atoms with Gasteiger partial charge in [0.05, 0.1) is 36.8 Å². The zero-order valence-corrected chi connectivity index (χ0v) is 22.9.